The molecule has 19 heavy (non-hydrogen) atoms. The average Bonchev–Trinajstić information content (AvgIpc) is 2.38. The lowest BCUT2D eigenvalue weighted by molar-refractivity contribution is 0.199. The van der Waals surface area contributed by atoms with Crippen LogP contribution in [0.5, 0.6) is 0 Å². The Morgan fingerprint density at radius 2 is 2.00 bits per heavy atom. The lowest BCUT2D eigenvalue weighted by atomic mass is 9.84. The molecule has 3 unspecified atom stereocenters. The van der Waals surface area contributed by atoms with Crippen molar-refractivity contribution in [1.82, 2.24) is 0 Å². The zero-order chi connectivity index (χ0) is 14.0. The fourth-order valence-corrected chi connectivity index (χ4v) is 3.58. The van der Waals surface area contributed by atoms with Gasteiger partial charge in [-0.2, -0.15) is 0 Å². The predicted molar refractivity (Wildman–Crippen MR) is 84.6 cm³/mol. The molecule has 1 saturated carbocycles. The second-order valence-electron chi connectivity index (χ2n) is 5.82. The number of aliphatic hydroxyl groups excluding tert-OH is 1. The lowest BCUT2D eigenvalue weighted by Gasteiger charge is -2.39. The predicted octanol–water partition coefficient (Wildman–Crippen LogP) is 4.52. The molecule has 0 radical (unpaired) electrons. The number of nitrogens with zero attached hydrogens (tertiary/aromatic N) is 1. The summed E-state index contributed by atoms with van der Waals surface area (Å²) in [6, 6.07) is 6.74. The Labute approximate surface area is 124 Å². The van der Waals surface area contributed by atoms with Crippen molar-refractivity contribution in [3.05, 3.63) is 28.2 Å². The highest BCUT2D eigenvalue weighted by molar-refractivity contribution is 9.10. The first kappa shape index (κ1) is 14.9. The highest BCUT2D eigenvalue weighted by atomic mass is 79.9. The van der Waals surface area contributed by atoms with Gasteiger partial charge in [0.25, 0.3) is 0 Å². The largest absolute Gasteiger partial charge is 0.389 e. The highest BCUT2D eigenvalue weighted by Gasteiger charge is 2.26. The third-order valence-electron chi connectivity index (χ3n) is 4.39. The van der Waals surface area contributed by atoms with Crippen LogP contribution in [0.1, 0.15) is 51.2 Å². The molecule has 1 aliphatic rings. The van der Waals surface area contributed by atoms with Gasteiger partial charge in [-0.1, -0.05) is 41.8 Å². The normalized spacial score (nSPS) is 25.1. The van der Waals surface area contributed by atoms with E-state index in [0.29, 0.717) is 6.04 Å². The Hall–Kier alpha value is -0.540. The quantitative estimate of drug-likeness (QED) is 0.883. The summed E-state index contributed by atoms with van der Waals surface area (Å²) in [6.07, 6.45) is 4.81. The molecule has 1 N–H and O–H groups in total. The van der Waals surface area contributed by atoms with Gasteiger partial charge < -0.3 is 10.0 Å². The van der Waals surface area contributed by atoms with Crippen molar-refractivity contribution in [3.63, 3.8) is 0 Å². The summed E-state index contributed by atoms with van der Waals surface area (Å²) in [7, 11) is 2.17. The molecule has 0 amide bonds. The van der Waals surface area contributed by atoms with E-state index in [2.05, 4.69) is 40.9 Å². The second kappa shape index (κ2) is 6.27. The molecule has 106 valence electrons. The Kier molecular flexibility index (Phi) is 4.91. The molecule has 0 spiro atoms. The maximum absolute atomic E-state index is 9.97. The van der Waals surface area contributed by atoms with Crippen LogP contribution in [0.15, 0.2) is 22.7 Å². The van der Waals surface area contributed by atoms with Gasteiger partial charge in [0.05, 0.1) is 6.10 Å². The van der Waals surface area contributed by atoms with E-state index < -0.39 is 6.10 Å². The minimum atomic E-state index is -0.426. The van der Waals surface area contributed by atoms with Crippen molar-refractivity contribution in [2.75, 3.05) is 11.9 Å². The third-order valence-corrected chi connectivity index (χ3v) is 4.88. The molecular weight excluding hydrogens is 302 g/mol. The van der Waals surface area contributed by atoms with Gasteiger partial charge in [0.15, 0.2) is 0 Å². The number of halogens is 1. The number of aliphatic hydroxyl groups is 1. The molecule has 0 heterocycles. The zero-order valence-electron chi connectivity index (χ0n) is 12.1. The number of hydrogen-bond donors (Lipinski definition) is 1. The van der Waals surface area contributed by atoms with Gasteiger partial charge in [-0.05, 0) is 37.8 Å². The first-order valence-electron chi connectivity index (χ1n) is 7.21. The molecule has 1 aromatic rings. The van der Waals surface area contributed by atoms with Gasteiger partial charge in [-0.25, -0.2) is 0 Å². The van der Waals surface area contributed by atoms with E-state index in [4.69, 9.17) is 0 Å². The summed E-state index contributed by atoms with van der Waals surface area (Å²) in [4.78, 5) is 2.37. The average molecular weight is 326 g/mol. The van der Waals surface area contributed by atoms with Crippen molar-refractivity contribution >= 4 is 21.6 Å². The zero-order valence-corrected chi connectivity index (χ0v) is 13.7. The maximum Gasteiger partial charge on any atom is 0.0782 e. The molecule has 1 aromatic carbocycles. The Bertz CT molecular complexity index is 433. The third kappa shape index (κ3) is 3.32. The van der Waals surface area contributed by atoms with Crippen LogP contribution in [-0.4, -0.2) is 18.2 Å². The lowest BCUT2D eigenvalue weighted by Crippen LogP contribution is -2.39. The van der Waals surface area contributed by atoms with Gasteiger partial charge in [-0.15, -0.1) is 0 Å². The van der Waals surface area contributed by atoms with Crippen LogP contribution < -0.4 is 4.90 Å². The van der Waals surface area contributed by atoms with Crippen LogP contribution in [0, 0.1) is 5.92 Å². The second-order valence-corrected chi connectivity index (χ2v) is 6.73. The van der Waals surface area contributed by atoms with Gasteiger partial charge in [0.2, 0.25) is 0 Å². The van der Waals surface area contributed by atoms with E-state index >= 15 is 0 Å². The smallest absolute Gasteiger partial charge is 0.0782 e. The van der Waals surface area contributed by atoms with E-state index in [-0.39, 0.29) is 0 Å². The summed E-state index contributed by atoms with van der Waals surface area (Å²) >= 11 is 3.54. The van der Waals surface area contributed by atoms with Gasteiger partial charge in [-0.3, -0.25) is 0 Å². The van der Waals surface area contributed by atoms with Gasteiger partial charge in [0.1, 0.15) is 0 Å². The van der Waals surface area contributed by atoms with Crippen LogP contribution in [0.3, 0.4) is 0 Å². The molecule has 0 aliphatic heterocycles. The van der Waals surface area contributed by atoms with Crippen LogP contribution in [0.25, 0.3) is 0 Å². The molecule has 2 nitrogen and oxygen atoms in total. The van der Waals surface area contributed by atoms with Crippen LogP contribution in [0.2, 0.25) is 0 Å². The molecule has 3 heteroatoms. The van der Waals surface area contributed by atoms with Crippen molar-refractivity contribution < 1.29 is 5.11 Å². The van der Waals surface area contributed by atoms with E-state index in [1.165, 1.54) is 25.7 Å². The van der Waals surface area contributed by atoms with Crippen LogP contribution in [-0.2, 0) is 0 Å². The SMILES string of the molecule is CC(O)c1ccc(Br)cc1N(C)C1CCCCC1C. The monoisotopic (exact) mass is 325 g/mol. The van der Waals surface area contributed by atoms with E-state index in [9.17, 15) is 5.11 Å². The Morgan fingerprint density at radius 1 is 1.32 bits per heavy atom. The van der Waals surface area contributed by atoms with E-state index in [1.807, 2.05) is 19.1 Å². The van der Waals surface area contributed by atoms with Crippen molar-refractivity contribution in [3.8, 4) is 0 Å². The fourth-order valence-electron chi connectivity index (χ4n) is 3.23. The minimum Gasteiger partial charge on any atom is -0.389 e. The number of benzene rings is 1. The molecule has 1 aliphatic carbocycles. The van der Waals surface area contributed by atoms with Crippen LogP contribution in [0.4, 0.5) is 5.69 Å². The van der Waals surface area contributed by atoms with Gasteiger partial charge >= 0.3 is 0 Å². The number of hydrogen-bond acceptors (Lipinski definition) is 2. The van der Waals surface area contributed by atoms with E-state index in [0.717, 1.165) is 21.6 Å². The van der Waals surface area contributed by atoms with E-state index in [1.54, 1.807) is 0 Å². The molecular formula is C16H24BrNO. The molecule has 2 rings (SSSR count). The van der Waals surface area contributed by atoms with Crippen LogP contribution >= 0.6 is 15.9 Å². The van der Waals surface area contributed by atoms with Crippen molar-refractivity contribution in [2.45, 2.75) is 51.7 Å². The molecule has 0 aromatic heterocycles. The molecule has 0 bridgehead atoms. The molecule has 0 saturated heterocycles. The Balaban J connectivity index is 2.31. The summed E-state index contributed by atoms with van der Waals surface area (Å²) in [5, 5.41) is 9.97. The first-order chi connectivity index (χ1) is 9.00. The summed E-state index contributed by atoms with van der Waals surface area (Å²) < 4.78 is 1.07. The highest BCUT2D eigenvalue weighted by Crippen LogP contribution is 2.35. The Morgan fingerprint density at radius 3 is 2.63 bits per heavy atom. The molecule has 1 fully saturated rings. The van der Waals surface area contributed by atoms with Crippen molar-refractivity contribution in [1.29, 1.82) is 0 Å². The fraction of sp³-hybridized carbons (Fsp3) is 0.625. The first-order valence-corrected chi connectivity index (χ1v) is 8.00. The number of anilines is 1. The van der Waals surface area contributed by atoms with Crippen molar-refractivity contribution in [2.24, 2.45) is 5.92 Å². The molecule has 3 atom stereocenters. The standard InChI is InChI=1S/C16H24BrNO/c1-11-6-4-5-7-15(11)18(3)16-10-13(17)8-9-14(16)12(2)19/h8-12,15,19H,4-7H2,1-3H3. The summed E-state index contributed by atoms with van der Waals surface area (Å²) in [6.45, 7) is 4.19. The number of rotatable bonds is 3. The minimum absolute atomic E-state index is 0.426. The summed E-state index contributed by atoms with van der Waals surface area (Å²) in [5.74, 6) is 0.722. The van der Waals surface area contributed by atoms with Gasteiger partial charge in [0, 0.05) is 28.8 Å². The maximum atomic E-state index is 9.97. The summed E-state index contributed by atoms with van der Waals surface area (Å²) in [5.41, 5.74) is 2.17. The topological polar surface area (TPSA) is 23.5 Å².